The largest absolute Gasteiger partial charge is 0.397 e. The van der Waals surface area contributed by atoms with Gasteiger partial charge in [0.15, 0.2) is 0 Å². The molecule has 0 atom stereocenters. The Morgan fingerprint density at radius 2 is 2.12 bits per heavy atom. The van der Waals surface area contributed by atoms with Crippen LogP contribution in [0, 0.1) is 6.92 Å². The van der Waals surface area contributed by atoms with Crippen LogP contribution in [0.3, 0.4) is 0 Å². The summed E-state index contributed by atoms with van der Waals surface area (Å²) in [4.78, 5) is 4.35. The van der Waals surface area contributed by atoms with Crippen LogP contribution in [-0.2, 0) is 4.74 Å². The van der Waals surface area contributed by atoms with Gasteiger partial charge >= 0.3 is 0 Å². The van der Waals surface area contributed by atoms with Crippen LogP contribution < -0.4 is 11.1 Å². The van der Waals surface area contributed by atoms with Crippen LogP contribution in [-0.4, -0.2) is 23.7 Å². The fourth-order valence-electron chi connectivity index (χ4n) is 1.91. The van der Waals surface area contributed by atoms with Gasteiger partial charge in [-0.25, -0.2) is 4.98 Å². The van der Waals surface area contributed by atoms with Gasteiger partial charge in [0.05, 0.1) is 16.4 Å². The molecule has 2 heterocycles. The molecule has 0 radical (unpaired) electrons. The Bertz CT molecular complexity index is 416. The number of nitrogens with one attached hydrogen (secondary N) is 1. The number of hydrogen-bond acceptors (Lipinski definition) is 4. The Morgan fingerprint density at radius 3 is 2.76 bits per heavy atom. The molecule has 1 saturated heterocycles. The SMILES string of the molecule is Cc1c(N)cnc(NC2(C)CCOCC2)c1Br. The van der Waals surface area contributed by atoms with Gasteiger partial charge in [-0.15, -0.1) is 0 Å². The average Bonchev–Trinajstić information content (AvgIpc) is 2.31. The number of pyridine rings is 1. The smallest absolute Gasteiger partial charge is 0.141 e. The van der Waals surface area contributed by atoms with Gasteiger partial charge in [0, 0.05) is 18.8 Å². The summed E-state index contributed by atoms with van der Waals surface area (Å²) in [5.74, 6) is 0.862. The first kappa shape index (κ1) is 12.6. The lowest BCUT2D eigenvalue weighted by Crippen LogP contribution is -2.41. The normalized spacial score (nSPS) is 19.0. The summed E-state index contributed by atoms with van der Waals surface area (Å²) in [5, 5.41) is 3.50. The predicted octanol–water partition coefficient (Wildman–Crippen LogP) is 2.72. The van der Waals surface area contributed by atoms with Gasteiger partial charge in [0.1, 0.15) is 5.82 Å². The van der Waals surface area contributed by atoms with Crippen LogP contribution in [0.15, 0.2) is 10.7 Å². The van der Waals surface area contributed by atoms with Gasteiger partial charge < -0.3 is 15.8 Å². The van der Waals surface area contributed by atoms with E-state index in [2.05, 4.69) is 33.2 Å². The number of nitrogens with two attached hydrogens (primary N) is 1. The second-order valence-corrected chi connectivity index (χ2v) is 5.59. The maximum Gasteiger partial charge on any atom is 0.141 e. The van der Waals surface area contributed by atoms with Crippen molar-refractivity contribution in [2.24, 2.45) is 0 Å². The molecule has 0 spiro atoms. The summed E-state index contributed by atoms with van der Waals surface area (Å²) >= 11 is 3.55. The maximum absolute atomic E-state index is 5.82. The highest BCUT2D eigenvalue weighted by atomic mass is 79.9. The number of aromatic nitrogens is 1. The number of ether oxygens (including phenoxy) is 1. The molecule has 4 nitrogen and oxygen atoms in total. The van der Waals surface area contributed by atoms with E-state index in [1.54, 1.807) is 6.20 Å². The summed E-state index contributed by atoms with van der Waals surface area (Å²) in [6.07, 6.45) is 3.68. The minimum atomic E-state index is 0.0519. The van der Waals surface area contributed by atoms with Crippen LogP contribution >= 0.6 is 15.9 Å². The third-order valence-electron chi connectivity index (χ3n) is 3.32. The van der Waals surface area contributed by atoms with E-state index < -0.39 is 0 Å². The van der Waals surface area contributed by atoms with Crippen molar-refractivity contribution in [1.82, 2.24) is 4.98 Å². The van der Waals surface area contributed by atoms with Gasteiger partial charge in [-0.1, -0.05) is 0 Å². The maximum atomic E-state index is 5.82. The second kappa shape index (κ2) is 4.82. The Labute approximate surface area is 110 Å². The molecule has 1 fully saturated rings. The molecule has 0 unspecified atom stereocenters. The zero-order valence-electron chi connectivity index (χ0n) is 10.2. The van der Waals surface area contributed by atoms with Gasteiger partial charge in [-0.2, -0.15) is 0 Å². The highest BCUT2D eigenvalue weighted by Crippen LogP contribution is 2.32. The van der Waals surface area contributed by atoms with Gasteiger partial charge in [0.2, 0.25) is 0 Å². The second-order valence-electron chi connectivity index (χ2n) is 4.80. The first-order valence-electron chi connectivity index (χ1n) is 5.78. The van der Waals surface area contributed by atoms with Crippen molar-refractivity contribution in [2.75, 3.05) is 24.3 Å². The molecule has 1 aromatic heterocycles. The molecule has 94 valence electrons. The topological polar surface area (TPSA) is 60.2 Å². The molecule has 2 rings (SSSR count). The van der Waals surface area contributed by atoms with E-state index in [-0.39, 0.29) is 5.54 Å². The van der Waals surface area contributed by atoms with E-state index in [1.807, 2.05) is 6.92 Å². The molecular formula is C12H18BrN3O. The van der Waals surface area contributed by atoms with E-state index in [1.165, 1.54) is 0 Å². The lowest BCUT2D eigenvalue weighted by Gasteiger charge is -2.35. The van der Waals surface area contributed by atoms with Crippen molar-refractivity contribution in [2.45, 2.75) is 32.2 Å². The van der Waals surface area contributed by atoms with Crippen LogP contribution in [0.25, 0.3) is 0 Å². The molecule has 0 aliphatic carbocycles. The first-order chi connectivity index (χ1) is 8.02. The first-order valence-corrected chi connectivity index (χ1v) is 6.58. The standard InChI is InChI=1S/C12H18BrN3O/c1-8-9(14)7-15-11(10(8)13)16-12(2)3-5-17-6-4-12/h7H,3-6,14H2,1-2H3,(H,15,16). The molecule has 0 amide bonds. The zero-order valence-corrected chi connectivity index (χ0v) is 11.8. The average molecular weight is 300 g/mol. The number of rotatable bonds is 2. The number of hydrogen-bond donors (Lipinski definition) is 2. The molecule has 5 heteroatoms. The van der Waals surface area contributed by atoms with Crippen molar-refractivity contribution in [1.29, 1.82) is 0 Å². The third-order valence-corrected chi connectivity index (χ3v) is 4.29. The molecule has 1 aliphatic rings. The Kier molecular flexibility index (Phi) is 3.58. The van der Waals surface area contributed by atoms with E-state index in [0.717, 1.165) is 41.9 Å². The molecule has 1 aliphatic heterocycles. The Morgan fingerprint density at radius 1 is 1.47 bits per heavy atom. The Hall–Kier alpha value is -0.810. The van der Waals surface area contributed by atoms with Crippen molar-refractivity contribution >= 4 is 27.4 Å². The summed E-state index contributed by atoms with van der Waals surface area (Å²) in [5.41, 5.74) is 7.60. The number of nitrogens with zero attached hydrogens (tertiary/aromatic N) is 1. The van der Waals surface area contributed by atoms with Crippen molar-refractivity contribution < 1.29 is 4.74 Å². The van der Waals surface area contributed by atoms with Crippen molar-refractivity contribution in [3.63, 3.8) is 0 Å². The lowest BCUT2D eigenvalue weighted by atomic mass is 9.92. The minimum absolute atomic E-state index is 0.0519. The number of anilines is 2. The van der Waals surface area contributed by atoms with Crippen LogP contribution in [0.5, 0.6) is 0 Å². The van der Waals surface area contributed by atoms with Gasteiger partial charge in [0.25, 0.3) is 0 Å². The van der Waals surface area contributed by atoms with Gasteiger partial charge in [-0.3, -0.25) is 0 Å². The molecule has 0 bridgehead atoms. The lowest BCUT2D eigenvalue weighted by molar-refractivity contribution is 0.0657. The van der Waals surface area contributed by atoms with E-state index in [9.17, 15) is 0 Å². The van der Waals surface area contributed by atoms with Gasteiger partial charge in [-0.05, 0) is 48.2 Å². The molecule has 0 aromatic carbocycles. The molecular weight excluding hydrogens is 282 g/mol. The van der Waals surface area contributed by atoms with E-state index in [4.69, 9.17) is 10.5 Å². The highest BCUT2D eigenvalue weighted by molar-refractivity contribution is 9.10. The van der Waals surface area contributed by atoms with Crippen molar-refractivity contribution in [3.8, 4) is 0 Å². The van der Waals surface area contributed by atoms with E-state index in [0.29, 0.717) is 5.69 Å². The summed E-state index contributed by atoms with van der Waals surface area (Å²) in [7, 11) is 0. The molecule has 0 saturated carbocycles. The van der Waals surface area contributed by atoms with Crippen LogP contribution in [0.2, 0.25) is 0 Å². The Balaban J connectivity index is 2.21. The summed E-state index contributed by atoms with van der Waals surface area (Å²) in [6, 6.07) is 0. The van der Waals surface area contributed by atoms with E-state index >= 15 is 0 Å². The predicted molar refractivity (Wildman–Crippen MR) is 73.2 cm³/mol. The number of halogens is 1. The monoisotopic (exact) mass is 299 g/mol. The minimum Gasteiger partial charge on any atom is -0.397 e. The van der Waals surface area contributed by atoms with Crippen molar-refractivity contribution in [3.05, 3.63) is 16.2 Å². The van der Waals surface area contributed by atoms with Crippen LogP contribution in [0.1, 0.15) is 25.3 Å². The quantitative estimate of drug-likeness (QED) is 0.881. The fraction of sp³-hybridized carbons (Fsp3) is 0.583. The third kappa shape index (κ3) is 2.72. The highest BCUT2D eigenvalue weighted by Gasteiger charge is 2.28. The molecule has 17 heavy (non-hydrogen) atoms. The summed E-state index contributed by atoms with van der Waals surface area (Å²) in [6.45, 7) is 5.79. The number of nitrogen functional groups attached to an aromatic ring is 1. The fourth-order valence-corrected chi connectivity index (χ4v) is 2.34. The molecule has 1 aromatic rings. The summed E-state index contributed by atoms with van der Waals surface area (Å²) < 4.78 is 6.33. The molecule has 3 N–H and O–H groups in total. The van der Waals surface area contributed by atoms with Crippen LogP contribution in [0.4, 0.5) is 11.5 Å². The zero-order chi connectivity index (χ0) is 12.5.